The van der Waals surface area contributed by atoms with Crippen LogP contribution in [0.3, 0.4) is 0 Å². The van der Waals surface area contributed by atoms with E-state index in [0.29, 0.717) is 4.47 Å². The molecule has 11 heavy (non-hydrogen) atoms. The summed E-state index contributed by atoms with van der Waals surface area (Å²) < 4.78 is 0.498. The van der Waals surface area contributed by atoms with Gasteiger partial charge in [-0.3, -0.25) is 0 Å². The van der Waals surface area contributed by atoms with Crippen molar-refractivity contribution in [1.29, 1.82) is 0 Å². The number of hydrogen-bond acceptors (Lipinski definition) is 3. The van der Waals surface area contributed by atoms with E-state index >= 15 is 0 Å². The zero-order valence-electron chi connectivity index (χ0n) is 5.01. The molecular formula is C5HBrCl2N2O. The number of rotatable bonds is 1. The van der Waals surface area contributed by atoms with Gasteiger partial charge in [0.1, 0.15) is 0 Å². The molecule has 1 aromatic heterocycles. The van der Waals surface area contributed by atoms with Crippen molar-refractivity contribution in [3.8, 4) is 0 Å². The standard InChI is InChI=1S/C5HBrCl2N2O/c6-2-1-9-5(8)4(10-11)3(2)7/h1H. The van der Waals surface area contributed by atoms with Crippen LogP contribution in [0.4, 0.5) is 5.69 Å². The van der Waals surface area contributed by atoms with Gasteiger partial charge in [0.15, 0.2) is 10.8 Å². The van der Waals surface area contributed by atoms with Gasteiger partial charge in [0.2, 0.25) is 0 Å². The smallest absolute Gasteiger partial charge is 0.164 e. The van der Waals surface area contributed by atoms with Crippen molar-refractivity contribution in [1.82, 2.24) is 4.98 Å². The lowest BCUT2D eigenvalue weighted by Crippen LogP contribution is -1.77. The summed E-state index contributed by atoms with van der Waals surface area (Å²) >= 11 is 14.2. The van der Waals surface area contributed by atoms with Gasteiger partial charge in [0.05, 0.1) is 9.50 Å². The van der Waals surface area contributed by atoms with Crippen LogP contribution in [0.1, 0.15) is 0 Å². The molecule has 3 nitrogen and oxygen atoms in total. The second kappa shape index (κ2) is 3.47. The Morgan fingerprint density at radius 3 is 2.64 bits per heavy atom. The highest BCUT2D eigenvalue weighted by Crippen LogP contribution is 2.36. The maximum Gasteiger partial charge on any atom is 0.164 e. The molecule has 0 radical (unpaired) electrons. The molecule has 0 aliphatic heterocycles. The molecule has 1 rings (SSSR count). The molecular weight excluding hydrogens is 255 g/mol. The van der Waals surface area contributed by atoms with Crippen LogP contribution in [0, 0.1) is 4.91 Å². The Labute approximate surface area is 80.8 Å². The van der Waals surface area contributed by atoms with Gasteiger partial charge < -0.3 is 0 Å². The van der Waals surface area contributed by atoms with Crippen molar-refractivity contribution in [3.05, 3.63) is 25.8 Å². The minimum atomic E-state index is -0.0392. The van der Waals surface area contributed by atoms with Crippen LogP contribution in [-0.2, 0) is 0 Å². The number of nitrogens with zero attached hydrogens (tertiary/aromatic N) is 2. The van der Waals surface area contributed by atoms with E-state index in [-0.39, 0.29) is 15.9 Å². The number of nitroso groups, excluding NO2 is 1. The molecule has 0 amide bonds. The fourth-order valence-corrected chi connectivity index (χ4v) is 1.20. The number of hydrogen-bond donors (Lipinski definition) is 0. The molecule has 0 N–H and O–H groups in total. The van der Waals surface area contributed by atoms with E-state index in [1.807, 2.05) is 0 Å². The zero-order chi connectivity index (χ0) is 8.43. The summed E-state index contributed by atoms with van der Waals surface area (Å²) in [7, 11) is 0. The minimum absolute atomic E-state index is 0.00759. The van der Waals surface area contributed by atoms with Crippen LogP contribution in [0.25, 0.3) is 0 Å². The highest BCUT2D eigenvalue weighted by molar-refractivity contribution is 9.10. The predicted molar refractivity (Wildman–Crippen MR) is 47.4 cm³/mol. The van der Waals surface area contributed by atoms with E-state index < -0.39 is 0 Å². The Kier molecular flexibility index (Phi) is 2.81. The first-order chi connectivity index (χ1) is 5.16. The van der Waals surface area contributed by atoms with E-state index in [4.69, 9.17) is 23.2 Å². The molecule has 0 saturated carbocycles. The maximum atomic E-state index is 10.1. The van der Waals surface area contributed by atoms with E-state index in [9.17, 15) is 4.91 Å². The normalized spacial score (nSPS) is 9.73. The lowest BCUT2D eigenvalue weighted by molar-refractivity contribution is 1.28. The SMILES string of the molecule is O=Nc1c(Cl)ncc(Br)c1Cl. The minimum Gasteiger partial charge on any atom is -0.241 e. The third-order valence-electron chi connectivity index (χ3n) is 0.996. The average molecular weight is 256 g/mol. The first kappa shape index (κ1) is 8.90. The van der Waals surface area contributed by atoms with Gasteiger partial charge in [-0.15, -0.1) is 4.91 Å². The Morgan fingerprint density at radius 1 is 1.55 bits per heavy atom. The van der Waals surface area contributed by atoms with E-state index in [2.05, 4.69) is 26.1 Å². The van der Waals surface area contributed by atoms with Gasteiger partial charge in [-0.25, -0.2) is 4.98 Å². The van der Waals surface area contributed by atoms with Crippen LogP contribution in [-0.4, -0.2) is 4.98 Å². The molecule has 0 saturated heterocycles. The van der Waals surface area contributed by atoms with Crippen LogP contribution >= 0.6 is 39.1 Å². The van der Waals surface area contributed by atoms with E-state index in [1.54, 1.807) is 0 Å². The number of aromatic nitrogens is 1. The highest BCUT2D eigenvalue weighted by atomic mass is 79.9. The largest absolute Gasteiger partial charge is 0.241 e. The van der Waals surface area contributed by atoms with Gasteiger partial charge in [0, 0.05) is 6.20 Å². The maximum absolute atomic E-state index is 10.1. The summed E-state index contributed by atoms with van der Waals surface area (Å²) in [4.78, 5) is 13.8. The van der Waals surface area contributed by atoms with Gasteiger partial charge in [-0.2, -0.15) is 0 Å². The first-order valence-electron chi connectivity index (χ1n) is 2.49. The number of pyridine rings is 1. The van der Waals surface area contributed by atoms with Crippen molar-refractivity contribution in [2.24, 2.45) is 5.18 Å². The Bertz CT molecular complexity index is 305. The molecule has 0 aliphatic carbocycles. The fourth-order valence-electron chi connectivity index (χ4n) is 0.513. The van der Waals surface area contributed by atoms with Crippen molar-refractivity contribution in [2.75, 3.05) is 0 Å². The summed E-state index contributed by atoms with van der Waals surface area (Å²) in [6.07, 6.45) is 1.40. The molecule has 1 heterocycles. The third-order valence-corrected chi connectivity index (χ3v) is 2.48. The number of halogens is 3. The summed E-state index contributed by atoms with van der Waals surface area (Å²) in [6, 6.07) is 0. The second-order valence-corrected chi connectivity index (χ2v) is 3.24. The van der Waals surface area contributed by atoms with E-state index in [0.717, 1.165) is 0 Å². The highest BCUT2D eigenvalue weighted by Gasteiger charge is 2.10. The molecule has 1 aromatic rings. The summed E-state index contributed by atoms with van der Waals surface area (Å²) in [5.41, 5.74) is -0.0392. The Morgan fingerprint density at radius 2 is 2.18 bits per heavy atom. The molecule has 0 aliphatic rings. The topological polar surface area (TPSA) is 42.3 Å². The van der Waals surface area contributed by atoms with Crippen LogP contribution < -0.4 is 0 Å². The summed E-state index contributed by atoms with van der Waals surface area (Å²) in [5.74, 6) is 0. The predicted octanol–water partition coefficient (Wildman–Crippen LogP) is 3.55. The summed E-state index contributed by atoms with van der Waals surface area (Å²) in [5, 5.41) is 2.81. The zero-order valence-corrected chi connectivity index (χ0v) is 8.11. The van der Waals surface area contributed by atoms with Crippen molar-refractivity contribution in [3.63, 3.8) is 0 Å². The average Bonchev–Trinajstić information content (AvgIpc) is 1.99. The molecule has 0 bridgehead atoms. The third kappa shape index (κ3) is 1.69. The molecule has 0 atom stereocenters. The van der Waals surface area contributed by atoms with Gasteiger partial charge in [-0.05, 0) is 21.1 Å². The molecule has 0 fully saturated rings. The van der Waals surface area contributed by atoms with Gasteiger partial charge >= 0.3 is 0 Å². The summed E-state index contributed by atoms with van der Waals surface area (Å²) in [6.45, 7) is 0. The fraction of sp³-hybridized carbons (Fsp3) is 0. The van der Waals surface area contributed by atoms with E-state index in [1.165, 1.54) is 6.20 Å². The van der Waals surface area contributed by atoms with Crippen LogP contribution in [0.5, 0.6) is 0 Å². The van der Waals surface area contributed by atoms with Crippen molar-refractivity contribution in [2.45, 2.75) is 0 Å². The Hall–Kier alpha value is -0.190. The lowest BCUT2D eigenvalue weighted by Gasteiger charge is -1.97. The van der Waals surface area contributed by atoms with Crippen LogP contribution in [0.2, 0.25) is 10.2 Å². The molecule has 58 valence electrons. The molecule has 0 spiro atoms. The van der Waals surface area contributed by atoms with Gasteiger partial charge in [-0.1, -0.05) is 23.2 Å². The molecule has 0 unspecified atom stereocenters. The first-order valence-corrected chi connectivity index (χ1v) is 4.04. The second-order valence-electron chi connectivity index (χ2n) is 1.65. The van der Waals surface area contributed by atoms with Crippen LogP contribution in [0.15, 0.2) is 15.8 Å². The van der Waals surface area contributed by atoms with Crippen molar-refractivity contribution < 1.29 is 0 Å². The lowest BCUT2D eigenvalue weighted by atomic mass is 10.4. The van der Waals surface area contributed by atoms with Gasteiger partial charge in [0.25, 0.3) is 0 Å². The molecule has 6 heteroatoms. The van der Waals surface area contributed by atoms with Crippen molar-refractivity contribution >= 4 is 44.8 Å². The molecule has 0 aromatic carbocycles. The Balaban J connectivity index is 3.40. The quantitative estimate of drug-likeness (QED) is 0.569. The monoisotopic (exact) mass is 254 g/mol.